The summed E-state index contributed by atoms with van der Waals surface area (Å²) in [4.78, 5) is 9.76. The maximum atomic E-state index is 11.9. The first kappa shape index (κ1) is 12.4. The van der Waals surface area contributed by atoms with E-state index in [1.807, 2.05) is 26.8 Å². The Labute approximate surface area is 90.6 Å². The van der Waals surface area contributed by atoms with Crippen molar-refractivity contribution < 1.29 is 14.0 Å². The van der Waals surface area contributed by atoms with Gasteiger partial charge in [0.05, 0.1) is 11.9 Å². The molecule has 1 rings (SSSR count). The first-order valence-corrected chi connectivity index (χ1v) is 6.61. The van der Waals surface area contributed by atoms with Crippen molar-refractivity contribution in [2.24, 2.45) is 0 Å². The zero-order valence-electron chi connectivity index (χ0n) is 9.36. The Morgan fingerprint density at radius 3 is 2.67 bits per heavy atom. The highest BCUT2D eigenvalue weighted by Crippen LogP contribution is 2.41. The molecule has 1 unspecified atom stereocenters. The van der Waals surface area contributed by atoms with Crippen LogP contribution in [0.25, 0.3) is 0 Å². The molecule has 0 fully saturated rings. The fraction of sp³-hybridized carbons (Fsp3) is 0.455. The number of benzene rings is 1. The van der Waals surface area contributed by atoms with Gasteiger partial charge in [-0.2, -0.15) is 0 Å². The van der Waals surface area contributed by atoms with Gasteiger partial charge in [-0.3, -0.25) is 4.57 Å². The minimum atomic E-state index is -3.63. The predicted molar refractivity (Wildman–Crippen MR) is 61.6 cm³/mol. The second-order valence-corrected chi connectivity index (χ2v) is 5.35. The second-order valence-electron chi connectivity index (χ2n) is 3.57. The monoisotopic (exact) mass is 228 g/mol. The molecular weight excluding hydrogens is 211 g/mol. The Balaban J connectivity index is 3.04. The molecule has 0 heterocycles. The highest BCUT2D eigenvalue weighted by Gasteiger charge is 2.24. The zero-order valence-corrected chi connectivity index (χ0v) is 10.3. The second kappa shape index (κ2) is 4.93. The Morgan fingerprint density at radius 1 is 1.40 bits per heavy atom. The Bertz CT molecular complexity index is 387. The van der Waals surface area contributed by atoms with E-state index in [9.17, 15) is 9.46 Å². The van der Waals surface area contributed by atoms with Gasteiger partial charge >= 0.3 is 7.60 Å². The van der Waals surface area contributed by atoms with Crippen molar-refractivity contribution in [3.8, 4) is 0 Å². The van der Waals surface area contributed by atoms with Gasteiger partial charge in [-0.25, -0.2) is 0 Å². The molecule has 0 saturated heterocycles. The average molecular weight is 228 g/mol. The Kier molecular flexibility index (Phi) is 4.09. The van der Waals surface area contributed by atoms with Gasteiger partial charge in [-0.1, -0.05) is 19.1 Å². The van der Waals surface area contributed by atoms with Crippen LogP contribution < -0.4 is 5.30 Å². The maximum Gasteiger partial charge on any atom is 0.359 e. The van der Waals surface area contributed by atoms with Gasteiger partial charge in [0.15, 0.2) is 0 Å². The highest BCUT2D eigenvalue weighted by atomic mass is 31.2. The van der Waals surface area contributed by atoms with Gasteiger partial charge in [0.1, 0.15) is 0 Å². The largest absolute Gasteiger partial charge is 0.359 e. The average Bonchev–Trinajstić information content (AvgIpc) is 2.19. The van der Waals surface area contributed by atoms with Crippen LogP contribution in [-0.4, -0.2) is 11.5 Å². The van der Waals surface area contributed by atoms with E-state index < -0.39 is 7.60 Å². The van der Waals surface area contributed by atoms with Gasteiger partial charge in [-0.05, 0) is 37.5 Å². The molecule has 0 aliphatic heterocycles. The van der Waals surface area contributed by atoms with E-state index in [-0.39, 0.29) is 0 Å². The van der Waals surface area contributed by atoms with Crippen LogP contribution in [0.5, 0.6) is 0 Å². The summed E-state index contributed by atoms with van der Waals surface area (Å²) < 4.78 is 16.9. The van der Waals surface area contributed by atoms with Gasteiger partial charge in [-0.15, -0.1) is 0 Å². The lowest BCUT2D eigenvalue weighted by Gasteiger charge is -2.15. The van der Waals surface area contributed by atoms with E-state index in [1.54, 1.807) is 12.1 Å². The van der Waals surface area contributed by atoms with Crippen LogP contribution in [0.2, 0.25) is 0 Å². The summed E-state index contributed by atoms with van der Waals surface area (Å²) in [6.07, 6.45) is 0.732. The topological polar surface area (TPSA) is 46.5 Å². The van der Waals surface area contributed by atoms with Crippen molar-refractivity contribution in [1.29, 1.82) is 0 Å². The van der Waals surface area contributed by atoms with Crippen molar-refractivity contribution in [2.75, 3.05) is 6.61 Å². The van der Waals surface area contributed by atoms with Crippen molar-refractivity contribution in [2.45, 2.75) is 27.2 Å². The van der Waals surface area contributed by atoms with E-state index in [4.69, 9.17) is 4.52 Å². The van der Waals surface area contributed by atoms with Crippen LogP contribution in [0, 0.1) is 13.8 Å². The fourth-order valence-electron chi connectivity index (χ4n) is 1.33. The molecule has 3 nitrogen and oxygen atoms in total. The summed E-state index contributed by atoms with van der Waals surface area (Å²) in [7, 11) is -3.63. The lowest BCUT2D eigenvalue weighted by Crippen LogP contribution is -2.12. The quantitative estimate of drug-likeness (QED) is 0.805. The van der Waals surface area contributed by atoms with Crippen LogP contribution in [0.15, 0.2) is 18.2 Å². The minimum Gasteiger partial charge on any atom is -0.321 e. The number of rotatable bonds is 4. The van der Waals surface area contributed by atoms with Crippen LogP contribution in [-0.2, 0) is 9.09 Å². The SMILES string of the molecule is CCCOP(=O)(O)c1cccc(C)c1C. The van der Waals surface area contributed by atoms with Crippen LogP contribution in [0.3, 0.4) is 0 Å². The number of hydrogen-bond donors (Lipinski definition) is 1. The van der Waals surface area contributed by atoms with Crippen molar-refractivity contribution >= 4 is 12.9 Å². The molecule has 1 aromatic rings. The summed E-state index contributed by atoms with van der Waals surface area (Å²) in [6.45, 7) is 5.96. The third-order valence-electron chi connectivity index (χ3n) is 2.35. The molecule has 0 spiro atoms. The molecule has 0 aromatic heterocycles. The van der Waals surface area contributed by atoms with E-state index in [1.165, 1.54) is 0 Å². The molecule has 0 aliphatic rings. The number of hydrogen-bond acceptors (Lipinski definition) is 2. The minimum absolute atomic E-state index is 0.307. The molecule has 0 radical (unpaired) electrons. The highest BCUT2D eigenvalue weighted by molar-refractivity contribution is 7.61. The first-order chi connectivity index (χ1) is 6.99. The van der Waals surface area contributed by atoms with Crippen LogP contribution >= 0.6 is 7.60 Å². The molecule has 0 saturated carbocycles. The maximum absolute atomic E-state index is 11.9. The van der Waals surface area contributed by atoms with Gasteiger partial charge in [0.2, 0.25) is 0 Å². The van der Waals surface area contributed by atoms with Crippen LogP contribution in [0.4, 0.5) is 0 Å². The molecule has 1 atom stereocenters. The van der Waals surface area contributed by atoms with E-state index in [0.29, 0.717) is 11.9 Å². The molecule has 1 aromatic carbocycles. The van der Waals surface area contributed by atoms with Gasteiger partial charge < -0.3 is 9.42 Å². The fourth-order valence-corrected chi connectivity index (χ4v) is 2.77. The molecule has 4 heteroatoms. The molecule has 84 valence electrons. The van der Waals surface area contributed by atoms with E-state index in [0.717, 1.165) is 17.5 Å². The standard InChI is InChI=1S/C11H17O3P/c1-4-8-14-15(12,13)11-7-5-6-9(2)10(11)3/h5-7H,4,8H2,1-3H3,(H,12,13). The zero-order chi connectivity index (χ0) is 11.5. The first-order valence-electron chi connectivity index (χ1n) is 5.03. The Hall–Kier alpha value is -0.630. The predicted octanol–water partition coefficient (Wildman–Crippen LogP) is 2.54. The lowest BCUT2D eigenvalue weighted by molar-refractivity contribution is 0.269. The third kappa shape index (κ3) is 2.91. The number of aryl methyl sites for hydroxylation is 1. The Morgan fingerprint density at radius 2 is 2.07 bits per heavy atom. The molecular formula is C11H17O3P. The molecule has 0 aliphatic carbocycles. The van der Waals surface area contributed by atoms with Crippen molar-refractivity contribution in [3.63, 3.8) is 0 Å². The van der Waals surface area contributed by atoms with Crippen molar-refractivity contribution in [1.82, 2.24) is 0 Å². The van der Waals surface area contributed by atoms with E-state index >= 15 is 0 Å². The smallest absolute Gasteiger partial charge is 0.321 e. The summed E-state index contributed by atoms with van der Waals surface area (Å²) in [6, 6.07) is 5.34. The lowest BCUT2D eigenvalue weighted by atomic mass is 10.1. The summed E-state index contributed by atoms with van der Waals surface area (Å²) in [5, 5.41) is 0.413. The normalized spacial score (nSPS) is 14.9. The summed E-state index contributed by atoms with van der Waals surface area (Å²) in [5.41, 5.74) is 1.83. The third-order valence-corrected chi connectivity index (χ3v) is 3.98. The van der Waals surface area contributed by atoms with Gasteiger partial charge in [0.25, 0.3) is 0 Å². The molecule has 0 bridgehead atoms. The molecule has 0 amide bonds. The van der Waals surface area contributed by atoms with Crippen molar-refractivity contribution in [3.05, 3.63) is 29.3 Å². The summed E-state index contributed by atoms with van der Waals surface area (Å²) >= 11 is 0. The molecule has 1 N–H and O–H groups in total. The molecule has 15 heavy (non-hydrogen) atoms. The summed E-state index contributed by atoms with van der Waals surface area (Å²) in [5.74, 6) is 0. The van der Waals surface area contributed by atoms with Gasteiger partial charge in [0, 0.05) is 0 Å². The van der Waals surface area contributed by atoms with E-state index in [2.05, 4.69) is 0 Å². The van der Waals surface area contributed by atoms with Crippen LogP contribution in [0.1, 0.15) is 24.5 Å².